The number of nitrogens with zero attached hydrogens (tertiary/aromatic N) is 3. The molecule has 0 spiro atoms. The first-order valence-electron chi connectivity index (χ1n) is 13.1. The zero-order valence-electron chi connectivity index (χ0n) is 20.9. The Morgan fingerprint density at radius 3 is 2.23 bits per heavy atom. The number of thiophene rings is 1. The van der Waals surface area contributed by atoms with Crippen molar-refractivity contribution in [1.82, 2.24) is 14.0 Å². The van der Waals surface area contributed by atoms with Gasteiger partial charge in [0.05, 0.1) is 16.7 Å². The number of aromatic nitrogens is 3. The fourth-order valence-corrected chi connectivity index (χ4v) is 7.33. The first-order valence-corrected chi connectivity index (χ1v) is 14.0. The molecule has 0 fully saturated rings. The minimum Gasteiger partial charge on any atom is -0.309 e. The second-order valence-corrected chi connectivity index (χ2v) is 11.2. The fourth-order valence-electron chi connectivity index (χ4n) is 6.22. The lowest BCUT2D eigenvalue weighted by molar-refractivity contribution is 1.18. The van der Waals surface area contributed by atoms with Crippen molar-refractivity contribution in [2.45, 2.75) is 0 Å². The molecule has 0 unspecified atom stereocenters. The monoisotopic (exact) mass is 515 g/mol. The lowest BCUT2D eigenvalue weighted by Gasteiger charge is -2.09. The molecule has 5 aromatic carbocycles. The van der Waals surface area contributed by atoms with E-state index in [0.717, 1.165) is 22.6 Å². The molecule has 39 heavy (non-hydrogen) atoms. The van der Waals surface area contributed by atoms with Gasteiger partial charge in [-0.05, 0) is 59.3 Å². The lowest BCUT2D eigenvalue weighted by atomic mass is 10.0. The van der Waals surface area contributed by atoms with Gasteiger partial charge >= 0.3 is 0 Å². The van der Waals surface area contributed by atoms with Crippen LogP contribution >= 0.6 is 11.3 Å². The summed E-state index contributed by atoms with van der Waals surface area (Å²) in [5, 5.41) is 7.90. The van der Waals surface area contributed by atoms with Crippen LogP contribution in [0.1, 0.15) is 0 Å². The summed E-state index contributed by atoms with van der Waals surface area (Å²) in [4.78, 5) is 4.82. The maximum atomic E-state index is 4.82. The Balaban J connectivity index is 1.36. The summed E-state index contributed by atoms with van der Waals surface area (Å²) >= 11 is 1.88. The predicted molar refractivity (Wildman–Crippen MR) is 165 cm³/mol. The number of fused-ring (bicyclic) bond motifs is 10. The van der Waals surface area contributed by atoms with E-state index >= 15 is 0 Å². The highest BCUT2D eigenvalue weighted by Crippen LogP contribution is 2.45. The van der Waals surface area contributed by atoms with Gasteiger partial charge in [-0.15, -0.1) is 11.3 Å². The standard InChI is InChI=1S/C35H21N3S/c1-2-8-25-22(7-1)14-17-28-33(25)35-29(18-19-31-34(35)26-9-3-4-10-30(26)39-31)38(28)24-15-12-23(13-16-24)27-21-37-20-6-5-11-32(37)36-27/h1-21H. The maximum Gasteiger partial charge on any atom is 0.137 e. The summed E-state index contributed by atoms with van der Waals surface area (Å²) in [6.45, 7) is 0. The minimum absolute atomic E-state index is 0.956. The van der Waals surface area contributed by atoms with E-state index in [1.54, 1.807) is 0 Å². The van der Waals surface area contributed by atoms with Crippen molar-refractivity contribution in [2.24, 2.45) is 0 Å². The molecule has 0 saturated heterocycles. The van der Waals surface area contributed by atoms with Gasteiger partial charge in [0, 0.05) is 54.6 Å². The first kappa shape index (κ1) is 21.1. The van der Waals surface area contributed by atoms with Crippen molar-refractivity contribution >= 4 is 69.7 Å². The van der Waals surface area contributed by atoms with Gasteiger partial charge in [0.25, 0.3) is 0 Å². The van der Waals surface area contributed by atoms with Crippen LogP contribution in [0.3, 0.4) is 0 Å². The normalized spacial score (nSPS) is 12.1. The summed E-state index contributed by atoms with van der Waals surface area (Å²) in [5.74, 6) is 0. The molecule has 0 aliphatic carbocycles. The number of hydrogen-bond donors (Lipinski definition) is 0. The highest BCUT2D eigenvalue weighted by Gasteiger charge is 2.19. The van der Waals surface area contributed by atoms with E-state index in [0.29, 0.717) is 0 Å². The Kier molecular flexibility index (Phi) is 4.21. The molecule has 0 aliphatic heterocycles. The van der Waals surface area contributed by atoms with Crippen LogP contribution in [0, 0.1) is 0 Å². The van der Waals surface area contributed by atoms with E-state index in [-0.39, 0.29) is 0 Å². The summed E-state index contributed by atoms with van der Waals surface area (Å²) in [5.41, 5.74) is 6.66. The van der Waals surface area contributed by atoms with Gasteiger partial charge in [0.15, 0.2) is 0 Å². The minimum atomic E-state index is 0.956. The summed E-state index contributed by atoms with van der Waals surface area (Å²) < 4.78 is 7.16. The first-order chi connectivity index (χ1) is 19.3. The molecule has 0 radical (unpaired) electrons. The third kappa shape index (κ3) is 2.95. The molecule has 182 valence electrons. The van der Waals surface area contributed by atoms with Crippen molar-refractivity contribution in [2.75, 3.05) is 0 Å². The van der Waals surface area contributed by atoms with Crippen LogP contribution in [0.2, 0.25) is 0 Å². The van der Waals surface area contributed by atoms with Crippen molar-refractivity contribution < 1.29 is 0 Å². The SMILES string of the molecule is c1ccc2c(c1)ccc1c2c2c3c(ccc2n1-c1ccc(-c2cn4ccccc4n2)cc1)sc1ccccc13. The molecule has 0 amide bonds. The highest BCUT2D eigenvalue weighted by molar-refractivity contribution is 7.26. The number of pyridine rings is 1. The number of rotatable bonds is 2. The zero-order valence-corrected chi connectivity index (χ0v) is 21.7. The van der Waals surface area contributed by atoms with Gasteiger partial charge in [-0.1, -0.05) is 66.7 Å². The van der Waals surface area contributed by atoms with E-state index in [1.165, 1.54) is 52.8 Å². The Bertz CT molecular complexity index is 2350. The summed E-state index contributed by atoms with van der Waals surface area (Å²) in [6, 6.07) is 41.6. The van der Waals surface area contributed by atoms with Gasteiger partial charge < -0.3 is 8.97 Å². The van der Waals surface area contributed by atoms with E-state index in [2.05, 4.69) is 112 Å². The smallest absolute Gasteiger partial charge is 0.137 e. The third-order valence-corrected chi connectivity index (χ3v) is 9.08. The Hall–Kier alpha value is -4.93. The van der Waals surface area contributed by atoms with Crippen LogP contribution < -0.4 is 0 Å². The molecule has 4 heterocycles. The van der Waals surface area contributed by atoms with Crippen LogP contribution in [-0.2, 0) is 0 Å². The molecule has 0 N–H and O–H groups in total. The number of imidazole rings is 1. The molecular formula is C35H21N3S. The molecule has 0 saturated carbocycles. The van der Waals surface area contributed by atoms with E-state index in [4.69, 9.17) is 4.98 Å². The lowest BCUT2D eigenvalue weighted by Crippen LogP contribution is -1.93. The molecule has 4 aromatic heterocycles. The molecule has 0 atom stereocenters. The van der Waals surface area contributed by atoms with Crippen LogP contribution in [0.4, 0.5) is 0 Å². The molecule has 0 bridgehead atoms. The van der Waals surface area contributed by atoms with Crippen LogP contribution in [0.15, 0.2) is 128 Å². The molecule has 4 heteroatoms. The highest BCUT2D eigenvalue weighted by atomic mass is 32.1. The van der Waals surface area contributed by atoms with Crippen molar-refractivity contribution in [3.05, 3.63) is 128 Å². The van der Waals surface area contributed by atoms with Crippen molar-refractivity contribution in [3.63, 3.8) is 0 Å². The van der Waals surface area contributed by atoms with Gasteiger partial charge in [-0.2, -0.15) is 0 Å². The molecule has 3 nitrogen and oxygen atoms in total. The van der Waals surface area contributed by atoms with Crippen molar-refractivity contribution in [3.8, 4) is 16.9 Å². The fraction of sp³-hybridized carbons (Fsp3) is 0. The van der Waals surface area contributed by atoms with E-state index in [9.17, 15) is 0 Å². The average molecular weight is 516 g/mol. The van der Waals surface area contributed by atoms with Crippen LogP contribution in [0.5, 0.6) is 0 Å². The van der Waals surface area contributed by atoms with E-state index in [1.807, 2.05) is 35.7 Å². The Morgan fingerprint density at radius 1 is 0.564 bits per heavy atom. The summed E-state index contributed by atoms with van der Waals surface area (Å²) in [6.07, 6.45) is 4.13. The molecule has 9 rings (SSSR count). The largest absolute Gasteiger partial charge is 0.309 e. The second kappa shape index (κ2) is 7.79. The topological polar surface area (TPSA) is 22.2 Å². The van der Waals surface area contributed by atoms with Crippen LogP contribution in [-0.4, -0.2) is 14.0 Å². The van der Waals surface area contributed by atoms with Gasteiger partial charge in [-0.3, -0.25) is 0 Å². The molecule has 9 aromatic rings. The Labute approximate surface area is 227 Å². The molecular weight excluding hydrogens is 494 g/mol. The number of benzene rings is 5. The zero-order chi connectivity index (χ0) is 25.5. The summed E-state index contributed by atoms with van der Waals surface area (Å²) in [7, 11) is 0. The van der Waals surface area contributed by atoms with Crippen LogP contribution in [0.25, 0.3) is 75.3 Å². The number of hydrogen-bond acceptors (Lipinski definition) is 2. The predicted octanol–water partition coefficient (Wildman–Crippen LogP) is 9.62. The quantitative estimate of drug-likeness (QED) is 0.225. The van der Waals surface area contributed by atoms with Gasteiger partial charge in [0.1, 0.15) is 5.65 Å². The third-order valence-electron chi connectivity index (χ3n) is 7.95. The van der Waals surface area contributed by atoms with Gasteiger partial charge in [-0.25, -0.2) is 4.98 Å². The second-order valence-electron chi connectivity index (χ2n) is 10.1. The average Bonchev–Trinajstić information content (AvgIpc) is 3.68. The Morgan fingerprint density at radius 2 is 1.33 bits per heavy atom. The molecule has 0 aliphatic rings. The van der Waals surface area contributed by atoms with E-state index < -0.39 is 0 Å². The maximum absolute atomic E-state index is 4.82. The van der Waals surface area contributed by atoms with Gasteiger partial charge in [0.2, 0.25) is 0 Å². The van der Waals surface area contributed by atoms with Crippen molar-refractivity contribution in [1.29, 1.82) is 0 Å².